The van der Waals surface area contributed by atoms with Crippen molar-refractivity contribution in [2.24, 2.45) is 5.11 Å². The highest BCUT2D eigenvalue weighted by molar-refractivity contribution is 9.10. The van der Waals surface area contributed by atoms with Crippen LogP contribution in [0.4, 0.5) is 0 Å². The third kappa shape index (κ3) is 2.25. The van der Waals surface area contributed by atoms with Gasteiger partial charge in [0.2, 0.25) is 0 Å². The summed E-state index contributed by atoms with van der Waals surface area (Å²) in [6, 6.07) is 4.82. The first kappa shape index (κ1) is 10.6. The number of carbonyl (C=O) groups excluding carboxylic acids is 1. The van der Waals surface area contributed by atoms with Gasteiger partial charge in [-0.2, -0.15) is 0 Å². The van der Waals surface area contributed by atoms with E-state index in [1.165, 1.54) is 13.2 Å². The van der Waals surface area contributed by atoms with Crippen LogP contribution in [0.2, 0.25) is 0 Å². The van der Waals surface area contributed by atoms with Gasteiger partial charge in [-0.15, -0.1) is 0 Å². The molecule has 0 unspecified atom stereocenters. The second kappa shape index (κ2) is 4.64. The molecule has 1 aromatic rings. The average molecular weight is 256 g/mol. The maximum Gasteiger partial charge on any atom is 0.252 e. The fourth-order valence-corrected chi connectivity index (χ4v) is 1.28. The second-order valence-corrected chi connectivity index (χ2v) is 3.25. The van der Waals surface area contributed by atoms with E-state index in [9.17, 15) is 4.79 Å². The molecule has 0 heterocycles. The Morgan fingerprint density at radius 2 is 2.36 bits per heavy atom. The number of methoxy groups -OCH3 is 1. The van der Waals surface area contributed by atoms with Crippen LogP contribution in [0.25, 0.3) is 10.4 Å². The molecule has 0 spiro atoms. The number of ether oxygens (including phenoxy) is 1. The number of hydrogen-bond donors (Lipinski definition) is 0. The monoisotopic (exact) mass is 255 g/mol. The first-order chi connectivity index (χ1) is 6.69. The van der Waals surface area contributed by atoms with Crippen molar-refractivity contribution in [3.63, 3.8) is 0 Å². The molecular weight excluding hydrogens is 250 g/mol. The predicted octanol–water partition coefficient (Wildman–Crippen LogP) is 2.91. The van der Waals surface area contributed by atoms with Crippen LogP contribution >= 0.6 is 15.9 Å². The first-order valence-electron chi connectivity index (χ1n) is 3.62. The molecule has 5 nitrogen and oxygen atoms in total. The molecule has 0 fully saturated rings. The minimum absolute atomic E-state index is 0.244. The molecule has 0 aromatic heterocycles. The molecule has 0 saturated carbocycles. The molecule has 0 saturated heterocycles. The van der Waals surface area contributed by atoms with Crippen LogP contribution in [0.3, 0.4) is 0 Å². The number of benzene rings is 1. The molecular formula is C8H6BrN3O2. The molecule has 6 heteroatoms. The molecule has 14 heavy (non-hydrogen) atoms. The summed E-state index contributed by atoms with van der Waals surface area (Å²) in [5.41, 5.74) is 8.35. The van der Waals surface area contributed by atoms with Gasteiger partial charge in [0.25, 0.3) is 5.91 Å². The summed E-state index contributed by atoms with van der Waals surface area (Å²) in [6.45, 7) is 0. The molecule has 1 rings (SSSR count). The summed E-state index contributed by atoms with van der Waals surface area (Å²) in [7, 11) is 1.44. The molecule has 0 aliphatic rings. The topological polar surface area (TPSA) is 75.1 Å². The Hall–Kier alpha value is -1.52. The van der Waals surface area contributed by atoms with E-state index in [1.54, 1.807) is 12.1 Å². The highest BCUT2D eigenvalue weighted by Gasteiger charge is 2.10. The lowest BCUT2D eigenvalue weighted by atomic mass is 10.2. The summed E-state index contributed by atoms with van der Waals surface area (Å²) in [6.07, 6.45) is 0. The van der Waals surface area contributed by atoms with Gasteiger partial charge >= 0.3 is 0 Å². The summed E-state index contributed by atoms with van der Waals surface area (Å²) >= 11 is 3.23. The van der Waals surface area contributed by atoms with Crippen LogP contribution in [0.5, 0.6) is 5.75 Å². The van der Waals surface area contributed by atoms with Crippen LogP contribution in [-0.4, -0.2) is 13.0 Å². The summed E-state index contributed by atoms with van der Waals surface area (Å²) in [5, 5.41) is 2.98. The quantitative estimate of drug-likeness (QED) is 0.463. The SMILES string of the molecule is COc1cc(Br)ccc1C(=O)N=[N+]=[N-]. The molecule has 0 aliphatic carbocycles. The number of rotatable bonds is 2. The number of hydrogen-bond acceptors (Lipinski definition) is 2. The van der Waals surface area contributed by atoms with E-state index in [1.807, 2.05) is 0 Å². The Labute approximate surface area is 88.4 Å². The van der Waals surface area contributed by atoms with Gasteiger partial charge in [0.05, 0.1) is 12.7 Å². The molecule has 0 aliphatic heterocycles. The van der Waals surface area contributed by atoms with E-state index >= 15 is 0 Å². The Morgan fingerprint density at radius 3 is 2.93 bits per heavy atom. The van der Waals surface area contributed by atoms with Gasteiger partial charge < -0.3 is 4.74 Å². The van der Waals surface area contributed by atoms with E-state index in [-0.39, 0.29) is 5.56 Å². The lowest BCUT2D eigenvalue weighted by Gasteiger charge is -2.04. The van der Waals surface area contributed by atoms with E-state index < -0.39 is 5.91 Å². The van der Waals surface area contributed by atoms with Crippen LogP contribution in [-0.2, 0) is 0 Å². The molecule has 0 atom stereocenters. The van der Waals surface area contributed by atoms with Gasteiger partial charge in [-0.25, -0.2) is 0 Å². The van der Waals surface area contributed by atoms with E-state index in [2.05, 4.69) is 26.0 Å². The fraction of sp³-hybridized carbons (Fsp3) is 0.125. The summed E-state index contributed by atoms with van der Waals surface area (Å²) in [5.74, 6) is -0.284. The minimum atomic E-state index is -0.656. The standard InChI is InChI=1S/C8H6BrN3O2/c1-14-7-4-5(9)2-3-6(7)8(13)11-12-10/h2-4H,1H3. The zero-order valence-electron chi connectivity index (χ0n) is 7.27. The van der Waals surface area contributed by atoms with E-state index in [0.717, 1.165) is 4.47 Å². The number of amides is 1. The van der Waals surface area contributed by atoms with Crippen molar-refractivity contribution in [3.05, 3.63) is 38.7 Å². The van der Waals surface area contributed by atoms with Crippen LogP contribution in [0, 0.1) is 0 Å². The lowest BCUT2D eigenvalue weighted by molar-refractivity contribution is 0.0997. The number of carbonyl (C=O) groups is 1. The van der Waals surface area contributed by atoms with Crippen LogP contribution in [0.1, 0.15) is 10.4 Å². The molecule has 0 bridgehead atoms. The van der Waals surface area contributed by atoms with Gasteiger partial charge in [0, 0.05) is 9.38 Å². The van der Waals surface area contributed by atoms with Crippen molar-refractivity contribution in [2.75, 3.05) is 7.11 Å². The molecule has 0 N–H and O–H groups in total. The number of halogens is 1. The molecule has 1 aromatic carbocycles. The normalized spacial score (nSPS) is 9.00. The average Bonchev–Trinajstić information content (AvgIpc) is 2.17. The zero-order chi connectivity index (χ0) is 10.6. The predicted molar refractivity (Wildman–Crippen MR) is 54.2 cm³/mol. The highest BCUT2D eigenvalue weighted by Crippen LogP contribution is 2.23. The third-order valence-electron chi connectivity index (χ3n) is 1.53. The van der Waals surface area contributed by atoms with Gasteiger partial charge in [-0.05, 0) is 28.8 Å². The van der Waals surface area contributed by atoms with Crippen LogP contribution in [0.15, 0.2) is 27.8 Å². The molecule has 72 valence electrons. The number of azide groups is 1. The van der Waals surface area contributed by atoms with Gasteiger partial charge in [-0.3, -0.25) is 4.79 Å². The van der Waals surface area contributed by atoms with Crippen molar-refractivity contribution >= 4 is 21.8 Å². The van der Waals surface area contributed by atoms with Gasteiger partial charge in [0.15, 0.2) is 0 Å². The smallest absolute Gasteiger partial charge is 0.252 e. The maximum atomic E-state index is 11.2. The van der Waals surface area contributed by atoms with Crippen molar-refractivity contribution < 1.29 is 9.53 Å². The summed E-state index contributed by atoms with van der Waals surface area (Å²) < 4.78 is 5.74. The molecule has 0 radical (unpaired) electrons. The zero-order valence-corrected chi connectivity index (χ0v) is 8.85. The van der Waals surface area contributed by atoms with E-state index in [0.29, 0.717) is 5.75 Å². The van der Waals surface area contributed by atoms with Crippen molar-refractivity contribution in [1.29, 1.82) is 0 Å². The first-order valence-corrected chi connectivity index (χ1v) is 4.41. The Balaban J connectivity index is 3.20. The fourth-order valence-electron chi connectivity index (χ4n) is 0.936. The highest BCUT2D eigenvalue weighted by atomic mass is 79.9. The lowest BCUT2D eigenvalue weighted by Crippen LogP contribution is -1.97. The van der Waals surface area contributed by atoms with Crippen molar-refractivity contribution in [2.45, 2.75) is 0 Å². The summed E-state index contributed by atoms with van der Waals surface area (Å²) in [4.78, 5) is 13.6. The molecule has 1 amide bonds. The maximum absolute atomic E-state index is 11.2. The second-order valence-electron chi connectivity index (χ2n) is 2.34. The number of nitrogens with zero attached hydrogens (tertiary/aromatic N) is 3. The van der Waals surface area contributed by atoms with Gasteiger partial charge in [0.1, 0.15) is 5.75 Å². The van der Waals surface area contributed by atoms with Crippen molar-refractivity contribution in [3.8, 4) is 5.75 Å². The Kier molecular flexibility index (Phi) is 3.50. The largest absolute Gasteiger partial charge is 0.496 e. The van der Waals surface area contributed by atoms with Gasteiger partial charge in [-0.1, -0.05) is 15.9 Å². The van der Waals surface area contributed by atoms with Crippen LogP contribution < -0.4 is 4.74 Å². The van der Waals surface area contributed by atoms with E-state index in [4.69, 9.17) is 10.3 Å². The van der Waals surface area contributed by atoms with Crippen molar-refractivity contribution in [1.82, 2.24) is 0 Å². The Morgan fingerprint density at radius 1 is 1.64 bits per heavy atom. The Bertz CT molecular complexity index is 413. The minimum Gasteiger partial charge on any atom is -0.496 e. The third-order valence-corrected chi connectivity index (χ3v) is 2.02.